The van der Waals surface area contributed by atoms with Gasteiger partial charge in [0, 0.05) is 4.88 Å². The number of ketones is 1. The summed E-state index contributed by atoms with van der Waals surface area (Å²) in [6, 6.07) is 10.4. The number of rotatable bonds is 3. The first-order valence-corrected chi connectivity index (χ1v) is 5.69. The van der Waals surface area contributed by atoms with Crippen LogP contribution in [0.2, 0.25) is 0 Å². The third-order valence-electron chi connectivity index (χ3n) is 2.11. The Labute approximate surface area is 97.5 Å². The second kappa shape index (κ2) is 4.77. The number of carbonyl (C=O) groups excluding carboxylic acids is 1. The Morgan fingerprint density at radius 1 is 1.19 bits per heavy atom. The lowest BCUT2D eigenvalue weighted by molar-refractivity contribution is 0.104. The second-order valence-electron chi connectivity index (χ2n) is 3.23. The van der Waals surface area contributed by atoms with Crippen LogP contribution < -0.4 is 0 Å². The van der Waals surface area contributed by atoms with Crippen molar-refractivity contribution in [1.29, 1.82) is 0 Å². The van der Waals surface area contributed by atoms with Gasteiger partial charge in [-0.3, -0.25) is 4.79 Å². The Morgan fingerprint density at radius 2 is 2.00 bits per heavy atom. The monoisotopic (exact) mass is 230 g/mol. The van der Waals surface area contributed by atoms with Gasteiger partial charge in [-0.2, -0.15) is 0 Å². The number of hydrogen-bond donors (Lipinski definition) is 1. The van der Waals surface area contributed by atoms with Gasteiger partial charge in [0.05, 0.1) is 5.56 Å². The largest absolute Gasteiger partial charge is 0.507 e. The Bertz CT molecular complexity index is 512. The van der Waals surface area contributed by atoms with E-state index in [1.54, 1.807) is 35.6 Å². The molecule has 1 heterocycles. The molecule has 1 N–H and O–H groups in total. The van der Waals surface area contributed by atoms with Crippen molar-refractivity contribution in [2.75, 3.05) is 0 Å². The molecule has 3 heteroatoms. The SMILES string of the molecule is O=C(C=Cc1cccs1)c1ccccc1O. The highest BCUT2D eigenvalue weighted by atomic mass is 32.1. The molecule has 0 atom stereocenters. The number of aromatic hydroxyl groups is 1. The minimum Gasteiger partial charge on any atom is -0.507 e. The minimum atomic E-state index is -0.188. The van der Waals surface area contributed by atoms with Crippen molar-refractivity contribution >= 4 is 23.2 Å². The summed E-state index contributed by atoms with van der Waals surface area (Å²) in [6.45, 7) is 0. The number of hydrogen-bond acceptors (Lipinski definition) is 3. The number of para-hydroxylation sites is 1. The van der Waals surface area contributed by atoms with Gasteiger partial charge in [-0.05, 0) is 35.7 Å². The second-order valence-corrected chi connectivity index (χ2v) is 4.21. The van der Waals surface area contributed by atoms with Crippen LogP contribution in [0.4, 0.5) is 0 Å². The highest BCUT2D eigenvalue weighted by Crippen LogP contribution is 2.17. The molecule has 0 bridgehead atoms. The molecule has 0 aliphatic heterocycles. The predicted molar refractivity (Wildman–Crippen MR) is 65.8 cm³/mol. The van der Waals surface area contributed by atoms with Gasteiger partial charge in [0.15, 0.2) is 5.78 Å². The van der Waals surface area contributed by atoms with Crippen LogP contribution in [0, 0.1) is 0 Å². The van der Waals surface area contributed by atoms with Crippen molar-refractivity contribution in [1.82, 2.24) is 0 Å². The van der Waals surface area contributed by atoms with Gasteiger partial charge >= 0.3 is 0 Å². The molecule has 2 rings (SSSR count). The molecule has 1 aromatic heterocycles. The van der Waals surface area contributed by atoms with Gasteiger partial charge in [0.25, 0.3) is 0 Å². The van der Waals surface area contributed by atoms with E-state index >= 15 is 0 Å². The molecule has 0 fully saturated rings. The van der Waals surface area contributed by atoms with Crippen molar-refractivity contribution < 1.29 is 9.90 Å². The van der Waals surface area contributed by atoms with E-state index in [-0.39, 0.29) is 11.5 Å². The lowest BCUT2D eigenvalue weighted by Gasteiger charge is -1.98. The summed E-state index contributed by atoms with van der Waals surface area (Å²) in [4.78, 5) is 12.7. The van der Waals surface area contributed by atoms with E-state index in [1.807, 2.05) is 17.5 Å². The molecule has 0 saturated carbocycles. The minimum absolute atomic E-state index is 0.0170. The summed E-state index contributed by atoms with van der Waals surface area (Å²) in [5, 5.41) is 11.4. The van der Waals surface area contributed by atoms with Gasteiger partial charge in [-0.25, -0.2) is 0 Å². The molecule has 0 amide bonds. The number of carbonyl (C=O) groups is 1. The topological polar surface area (TPSA) is 37.3 Å². The standard InChI is InChI=1S/C13H10O2S/c14-12-6-2-1-5-11(12)13(15)8-7-10-4-3-9-16-10/h1-9,14H. The molecule has 16 heavy (non-hydrogen) atoms. The summed E-state index contributed by atoms with van der Waals surface area (Å²) >= 11 is 1.56. The van der Waals surface area contributed by atoms with Gasteiger partial charge in [0.1, 0.15) is 5.75 Å². The summed E-state index contributed by atoms with van der Waals surface area (Å²) in [6.07, 6.45) is 3.22. The van der Waals surface area contributed by atoms with E-state index in [0.29, 0.717) is 5.56 Å². The highest BCUT2D eigenvalue weighted by Gasteiger charge is 2.06. The summed E-state index contributed by atoms with van der Waals surface area (Å²) in [5.41, 5.74) is 0.329. The number of benzene rings is 1. The van der Waals surface area contributed by atoms with Crippen LogP contribution in [0.15, 0.2) is 47.9 Å². The first-order valence-electron chi connectivity index (χ1n) is 4.81. The maximum atomic E-state index is 11.7. The van der Waals surface area contributed by atoms with Crippen LogP contribution in [0.25, 0.3) is 6.08 Å². The van der Waals surface area contributed by atoms with Crippen LogP contribution in [0.5, 0.6) is 5.75 Å². The first kappa shape index (κ1) is 10.6. The van der Waals surface area contributed by atoms with Crippen LogP contribution in [0.3, 0.4) is 0 Å². The maximum Gasteiger partial charge on any atom is 0.189 e. The number of thiophene rings is 1. The maximum absolute atomic E-state index is 11.7. The fraction of sp³-hybridized carbons (Fsp3) is 0. The fourth-order valence-corrected chi connectivity index (χ4v) is 1.93. The molecule has 0 aliphatic rings. The zero-order chi connectivity index (χ0) is 11.4. The van der Waals surface area contributed by atoms with E-state index in [0.717, 1.165) is 4.88 Å². The summed E-state index contributed by atoms with van der Waals surface area (Å²) in [5.74, 6) is -0.171. The van der Waals surface area contributed by atoms with E-state index in [4.69, 9.17) is 0 Å². The summed E-state index contributed by atoms with van der Waals surface area (Å²) < 4.78 is 0. The zero-order valence-electron chi connectivity index (χ0n) is 8.46. The molecule has 1 aromatic carbocycles. The molecule has 80 valence electrons. The van der Waals surface area contributed by atoms with Crippen molar-refractivity contribution in [2.45, 2.75) is 0 Å². The van der Waals surface area contributed by atoms with Crippen molar-refractivity contribution in [3.8, 4) is 5.75 Å². The Balaban J connectivity index is 2.18. The molecule has 0 aliphatic carbocycles. The molecule has 2 aromatic rings. The van der Waals surface area contributed by atoms with E-state index < -0.39 is 0 Å². The van der Waals surface area contributed by atoms with E-state index in [9.17, 15) is 9.90 Å². The highest BCUT2D eigenvalue weighted by molar-refractivity contribution is 7.10. The number of phenols is 1. The van der Waals surface area contributed by atoms with Crippen LogP contribution in [0.1, 0.15) is 15.2 Å². The average molecular weight is 230 g/mol. The van der Waals surface area contributed by atoms with Gasteiger partial charge < -0.3 is 5.11 Å². The number of phenolic OH excluding ortho intramolecular Hbond substituents is 1. The smallest absolute Gasteiger partial charge is 0.189 e. The first-order chi connectivity index (χ1) is 7.77. The van der Waals surface area contributed by atoms with Crippen LogP contribution >= 0.6 is 11.3 Å². The number of allylic oxidation sites excluding steroid dienone is 1. The van der Waals surface area contributed by atoms with Gasteiger partial charge in [0.2, 0.25) is 0 Å². The Kier molecular flexibility index (Phi) is 3.17. The molecular weight excluding hydrogens is 220 g/mol. The lowest BCUT2D eigenvalue weighted by atomic mass is 10.1. The molecule has 0 spiro atoms. The average Bonchev–Trinajstić information content (AvgIpc) is 2.79. The Hall–Kier alpha value is -1.87. The third-order valence-corrected chi connectivity index (χ3v) is 2.95. The molecule has 0 unspecified atom stereocenters. The van der Waals surface area contributed by atoms with Crippen molar-refractivity contribution in [2.24, 2.45) is 0 Å². The quantitative estimate of drug-likeness (QED) is 0.648. The molecular formula is C13H10O2S. The molecule has 0 saturated heterocycles. The lowest BCUT2D eigenvalue weighted by Crippen LogP contribution is -1.93. The van der Waals surface area contributed by atoms with Gasteiger partial charge in [-0.1, -0.05) is 18.2 Å². The van der Waals surface area contributed by atoms with Gasteiger partial charge in [-0.15, -0.1) is 11.3 Å². The predicted octanol–water partition coefficient (Wildman–Crippen LogP) is 3.35. The van der Waals surface area contributed by atoms with E-state index in [1.165, 1.54) is 12.1 Å². The Morgan fingerprint density at radius 3 is 2.69 bits per heavy atom. The van der Waals surface area contributed by atoms with E-state index in [2.05, 4.69) is 0 Å². The summed E-state index contributed by atoms with van der Waals surface area (Å²) in [7, 11) is 0. The van der Waals surface area contributed by atoms with Crippen LogP contribution in [-0.2, 0) is 0 Å². The zero-order valence-corrected chi connectivity index (χ0v) is 9.28. The normalized spacial score (nSPS) is 10.8. The molecule has 0 radical (unpaired) electrons. The third kappa shape index (κ3) is 2.38. The fourth-order valence-electron chi connectivity index (χ4n) is 1.32. The van der Waals surface area contributed by atoms with Crippen molar-refractivity contribution in [3.63, 3.8) is 0 Å². The van der Waals surface area contributed by atoms with Crippen LogP contribution in [-0.4, -0.2) is 10.9 Å². The molecule has 2 nitrogen and oxygen atoms in total. The van der Waals surface area contributed by atoms with Crippen molar-refractivity contribution in [3.05, 3.63) is 58.3 Å².